The van der Waals surface area contributed by atoms with Crippen LogP contribution in [0.4, 0.5) is 0 Å². The second-order valence-corrected chi connectivity index (χ2v) is 9.02. The number of para-hydroxylation sites is 1. The van der Waals surface area contributed by atoms with Gasteiger partial charge in [-0.2, -0.15) is 4.31 Å². The van der Waals surface area contributed by atoms with Crippen LogP contribution in [0.25, 0.3) is 10.2 Å². The number of aryl methyl sites for hydroxylation is 2. The lowest BCUT2D eigenvalue weighted by atomic mass is 10.1. The summed E-state index contributed by atoms with van der Waals surface area (Å²) in [7, 11) is -1.95. The van der Waals surface area contributed by atoms with Gasteiger partial charge in [-0.25, -0.2) is 13.4 Å². The lowest BCUT2D eigenvalue weighted by molar-refractivity contribution is 0.397. The Morgan fingerprint density at radius 2 is 1.79 bits per heavy atom. The molecule has 0 fully saturated rings. The number of hydrogen-bond acceptors (Lipinski definition) is 4. The van der Waals surface area contributed by atoms with Gasteiger partial charge in [0.1, 0.15) is 5.01 Å². The van der Waals surface area contributed by atoms with Crippen LogP contribution >= 0.6 is 11.3 Å². The third kappa shape index (κ3) is 2.97. The van der Waals surface area contributed by atoms with Crippen LogP contribution in [0.1, 0.15) is 29.1 Å². The molecule has 0 N–H and O–H groups in total. The van der Waals surface area contributed by atoms with Crippen LogP contribution in [0.2, 0.25) is 0 Å². The third-order valence-electron chi connectivity index (χ3n) is 4.37. The molecule has 3 aromatic rings. The maximum absolute atomic E-state index is 12.9. The minimum atomic E-state index is -3.56. The van der Waals surface area contributed by atoms with Crippen molar-refractivity contribution in [3.8, 4) is 0 Å². The Hall–Kier alpha value is -1.76. The van der Waals surface area contributed by atoms with E-state index in [0.29, 0.717) is 4.90 Å². The highest BCUT2D eigenvalue weighted by molar-refractivity contribution is 7.89. The van der Waals surface area contributed by atoms with Crippen molar-refractivity contribution in [2.45, 2.75) is 31.7 Å². The first-order valence-electron chi connectivity index (χ1n) is 7.71. The van der Waals surface area contributed by atoms with E-state index in [1.165, 1.54) is 15.6 Å². The van der Waals surface area contributed by atoms with Gasteiger partial charge < -0.3 is 0 Å². The van der Waals surface area contributed by atoms with E-state index in [0.717, 1.165) is 26.4 Å². The lowest BCUT2D eigenvalue weighted by Crippen LogP contribution is -2.29. The van der Waals surface area contributed by atoms with Gasteiger partial charge in [0.25, 0.3) is 0 Å². The van der Waals surface area contributed by atoms with Crippen molar-refractivity contribution in [3.63, 3.8) is 0 Å². The Kier molecular flexibility index (Phi) is 4.46. The second-order valence-electron chi connectivity index (χ2n) is 5.96. The molecule has 0 aliphatic rings. The largest absolute Gasteiger partial charge is 0.243 e. The zero-order chi connectivity index (χ0) is 17.5. The normalized spacial score (nSPS) is 13.5. The second kappa shape index (κ2) is 6.27. The minimum absolute atomic E-state index is 0.320. The molecule has 6 heteroatoms. The SMILES string of the molecule is Cc1ccc(S(=O)(=O)N(C)[C@H](C)c2nc3ccccc3s2)cc1C. The van der Waals surface area contributed by atoms with Crippen molar-refractivity contribution in [1.82, 2.24) is 9.29 Å². The maximum Gasteiger partial charge on any atom is 0.243 e. The summed E-state index contributed by atoms with van der Waals surface area (Å²) in [6.07, 6.45) is 0. The van der Waals surface area contributed by atoms with Gasteiger partial charge in [0.15, 0.2) is 0 Å². The molecule has 0 aliphatic carbocycles. The lowest BCUT2D eigenvalue weighted by Gasteiger charge is -2.23. The first-order valence-corrected chi connectivity index (χ1v) is 9.97. The summed E-state index contributed by atoms with van der Waals surface area (Å²) >= 11 is 1.53. The molecular formula is C18H20N2O2S2. The van der Waals surface area contributed by atoms with E-state index < -0.39 is 10.0 Å². The van der Waals surface area contributed by atoms with Crippen molar-refractivity contribution >= 4 is 31.6 Å². The number of nitrogens with zero attached hydrogens (tertiary/aromatic N) is 2. The summed E-state index contributed by atoms with van der Waals surface area (Å²) in [6.45, 7) is 5.76. The Labute approximate surface area is 146 Å². The van der Waals surface area contributed by atoms with Gasteiger partial charge in [-0.15, -0.1) is 11.3 Å². The van der Waals surface area contributed by atoms with Crippen molar-refractivity contribution < 1.29 is 8.42 Å². The molecule has 2 aromatic carbocycles. The zero-order valence-electron chi connectivity index (χ0n) is 14.1. The molecule has 0 radical (unpaired) electrons. The minimum Gasteiger partial charge on any atom is -0.239 e. The van der Waals surface area contributed by atoms with Gasteiger partial charge in [-0.1, -0.05) is 18.2 Å². The van der Waals surface area contributed by atoms with Crippen LogP contribution in [-0.2, 0) is 10.0 Å². The molecule has 0 bridgehead atoms. The van der Waals surface area contributed by atoms with E-state index in [2.05, 4.69) is 4.98 Å². The molecule has 24 heavy (non-hydrogen) atoms. The molecule has 0 aliphatic heterocycles. The van der Waals surface area contributed by atoms with Crippen molar-refractivity contribution in [2.24, 2.45) is 0 Å². The molecule has 1 aromatic heterocycles. The van der Waals surface area contributed by atoms with Crippen LogP contribution in [-0.4, -0.2) is 24.8 Å². The zero-order valence-corrected chi connectivity index (χ0v) is 15.8. The van der Waals surface area contributed by atoms with Crippen molar-refractivity contribution in [1.29, 1.82) is 0 Å². The van der Waals surface area contributed by atoms with Gasteiger partial charge in [-0.3, -0.25) is 0 Å². The third-order valence-corrected chi connectivity index (χ3v) is 7.50. The first kappa shape index (κ1) is 17.1. The molecule has 0 saturated heterocycles. The van der Waals surface area contributed by atoms with E-state index in [-0.39, 0.29) is 6.04 Å². The van der Waals surface area contributed by atoms with Gasteiger partial charge in [-0.05, 0) is 56.2 Å². The molecule has 3 rings (SSSR count). The quantitative estimate of drug-likeness (QED) is 0.697. The number of thiazole rings is 1. The Morgan fingerprint density at radius 1 is 1.08 bits per heavy atom. The van der Waals surface area contributed by atoms with E-state index in [1.54, 1.807) is 19.2 Å². The maximum atomic E-state index is 12.9. The summed E-state index contributed by atoms with van der Waals surface area (Å²) in [5, 5.41) is 0.797. The summed E-state index contributed by atoms with van der Waals surface area (Å²) in [5.41, 5.74) is 2.95. The van der Waals surface area contributed by atoms with Crippen LogP contribution < -0.4 is 0 Å². The molecule has 0 saturated carbocycles. The highest BCUT2D eigenvalue weighted by atomic mass is 32.2. The monoisotopic (exact) mass is 360 g/mol. The molecule has 1 heterocycles. The molecule has 0 amide bonds. The topological polar surface area (TPSA) is 50.3 Å². The van der Waals surface area contributed by atoms with E-state index >= 15 is 0 Å². The number of aromatic nitrogens is 1. The number of fused-ring (bicyclic) bond motifs is 1. The Bertz CT molecular complexity index is 960. The number of sulfonamides is 1. The average Bonchev–Trinajstić information content (AvgIpc) is 2.99. The van der Waals surface area contributed by atoms with Crippen LogP contribution in [0, 0.1) is 13.8 Å². The number of rotatable bonds is 4. The summed E-state index contributed by atoms with van der Waals surface area (Å²) in [6, 6.07) is 12.8. The average molecular weight is 361 g/mol. The summed E-state index contributed by atoms with van der Waals surface area (Å²) in [4.78, 5) is 4.91. The fraction of sp³-hybridized carbons (Fsp3) is 0.278. The molecule has 4 nitrogen and oxygen atoms in total. The first-order chi connectivity index (χ1) is 11.3. The van der Waals surface area contributed by atoms with E-state index in [1.807, 2.05) is 51.1 Å². The van der Waals surface area contributed by atoms with Gasteiger partial charge in [0.2, 0.25) is 10.0 Å². The Balaban J connectivity index is 1.96. The predicted octanol–water partition coefficient (Wildman–Crippen LogP) is 4.29. The summed E-state index contributed by atoms with van der Waals surface area (Å²) in [5.74, 6) is 0. The van der Waals surface area contributed by atoms with E-state index in [4.69, 9.17) is 0 Å². The predicted molar refractivity (Wildman–Crippen MR) is 98.9 cm³/mol. The van der Waals surface area contributed by atoms with Gasteiger partial charge in [0, 0.05) is 7.05 Å². The molecule has 0 unspecified atom stereocenters. The fourth-order valence-electron chi connectivity index (χ4n) is 2.47. The van der Waals surface area contributed by atoms with Gasteiger partial charge in [0.05, 0.1) is 21.2 Å². The number of hydrogen-bond donors (Lipinski definition) is 0. The molecule has 126 valence electrons. The molecule has 1 atom stereocenters. The van der Waals surface area contributed by atoms with Crippen LogP contribution in [0.15, 0.2) is 47.4 Å². The van der Waals surface area contributed by atoms with Gasteiger partial charge >= 0.3 is 0 Å². The van der Waals surface area contributed by atoms with Crippen LogP contribution in [0.5, 0.6) is 0 Å². The number of benzene rings is 2. The highest BCUT2D eigenvalue weighted by Gasteiger charge is 2.28. The molecular weight excluding hydrogens is 340 g/mol. The van der Waals surface area contributed by atoms with Crippen molar-refractivity contribution in [2.75, 3.05) is 7.05 Å². The highest BCUT2D eigenvalue weighted by Crippen LogP contribution is 2.31. The fourth-order valence-corrected chi connectivity index (χ4v) is 5.02. The van der Waals surface area contributed by atoms with E-state index in [9.17, 15) is 8.42 Å². The van der Waals surface area contributed by atoms with Crippen molar-refractivity contribution in [3.05, 3.63) is 58.6 Å². The molecule has 0 spiro atoms. The smallest absolute Gasteiger partial charge is 0.239 e. The standard InChI is InChI=1S/C18H20N2O2S2/c1-12-9-10-15(11-13(12)2)24(21,22)20(4)14(3)18-19-16-7-5-6-8-17(16)23-18/h5-11,14H,1-4H3/t14-/m1/s1. The Morgan fingerprint density at radius 3 is 2.46 bits per heavy atom. The van der Waals surface area contributed by atoms with Crippen LogP contribution in [0.3, 0.4) is 0 Å². The summed E-state index contributed by atoms with van der Waals surface area (Å²) < 4.78 is 28.3.